The number of nitro groups is 1. The van der Waals surface area contributed by atoms with Crippen molar-refractivity contribution >= 4 is 29.1 Å². The Labute approximate surface area is 187 Å². The minimum atomic E-state index is -0.399. The van der Waals surface area contributed by atoms with Gasteiger partial charge in [0.25, 0.3) is 5.69 Å². The normalized spacial score (nSPS) is 10.8. The van der Waals surface area contributed by atoms with Crippen molar-refractivity contribution in [2.75, 3.05) is 7.11 Å². The second kappa shape index (κ2) is 9.20. The van der Waals surface area contributed by atoms with Gasteiger partial charge in [0.05, 0.1) is 17.6 Å². The monoisotopic (exact) mass is 452 g/mol. The van der Waals surface area contributed by atoms with Crippen LogP contribution in [0.3, 0.4) is 0 Å². The Morgan fingerprint density at radius 2 is 1.84 bits per heavy atom. The van der Waals surface area contributed by atoms with Crippen LogP contribution in [0.5, 0.6) is 5.75 Å². The van der Waals surface area contributed by atoms with Crippen LogP contribution in [0.1, 0.15) is 5.56 Å². The lowest BCUT2D eigenvalue weighted by Crippen LogP contribution is -2.01. The van der Waals surface area contributed by atoms with Gasteiger partial charge in [-0.25, -0.2) is 0 Å². The van der Waals surface area contributed by atoms with Crippen LogP contribution in [-0.4, -0.2) is 26.8 Å². The van der Waals surface area contributed by atoms with Gasteiger partial charge in [-0.1, -0.05) is 47.6 Å². The molecule has 1 heterocycles. The smallest absolute Gasteiger partial charge is 0.269 e. The molecule has 0 aliphatic heterocycles. The van der Waals surface area contributed by atoms with E-state index in [-0.39, 0.29) is 5.69 Å². The van der Waals surface area contributed by atoms with Crippen molar-refractivity contribution in [3.8, 4) is 22.8 Å². The summed E-state index contributed by atoms with van der Waals surface area (Å²) in [6, 6.07) is 21.6. The molecule has 0 amide bonds. The van der Waals surface area contributed by atoms with Crippen molar-refractivity contribution < 1.29 is 9.66 Å². The van der Waals surface area contributed by atoms with E-state index in [1.54, 1.807) is 31.4 Å². The Kier molecular flexibility index (Phi) is 6.20. The number of nitrogens with zero attached hydrogens (tertiary/aromatic N) is 4. The van der Waals surface area contributed by atoms with Crippen molar-refractivity contribution in [3.05, 3.63) is 93.5 Å². The largest absolute Gasteiger partial charge is 0.496 e. The number of para-hydroxylation sites is 1. The predicted octanol–water partition coefficient (Wildman–Crippen LogP) is 5.80. The van der Waals surface area contributed by atoms with E-state index in [2.05, 4.69) is 10.2 Å². The molecule has 31 heavy (non-hydrogen) atoms. The molecule has 0 N–H and O–H groups in total. The molecule has 0 bridgehead atoms. The molecule has 4 aromatic rings. The van der Waals surface area contributed by atoms with Crippen LogP contribution in [-0.2, 0) is 5.75 Å². The molecular weight excluding hydrogens is 436 g/mol. The topological polar surface area (TPSA) is 83.1 Å². The highest BCUT2D eigenvalue weighted by molar-refractivity contribution is 7.98. The summed E-state index contributed by atoms with van der Waals surface area (Å²) in [5, 5.41) is 21.2. The van der Waals surface area contributed by atoms with Crippen LogP contribution in [0.25, 0.3) is 17.1 Å². The maximum absolute atomic E-state index is 11.1. The van der Waals surface area contributed by atoms with E-state index in [4.69, 9.17) is 16.3 Å². The first kappa shape index (κ1) is 20.9. The third-order valence-corrected chi connectivity index (χ3v) is 5.81. The van der Waals surface area contributed by atoms with Crippen LogP contribution in [0.15, 0.2) is 78.0 Å². The zero-order chi connectivity index (χ0) is 21.8. The fourth-order valence-electron chi connectivity index (χ4n) is 3.10. The zero-order valence-electron chi connectivity index (χ0n) is 16.4. The molecule has 1 aromatic heterocycles. The van der Waals surface area contributed by atoms with E-state index in [1.807, 2.05) is 47.0 Å². The molecule has 3 aromatic carbocycles. The number of hydrogen-bond donors (Lipinski definition) is 0. The first-order valence-electron chi connectivity index (χ1n) is 9.27. The Morgan fingerprint density at radius 3 is 2.58 bits per heavy atom. The molecule has 9 heteroatoms. The Bertz CT molecular complexity index is 1230. The van der Waals surface area contributed by atoms with Gasteiger partial charge >= 0.3 is 0 Å². The number of thioether (sulfide) groups is 1. The Hall–Kier alpha value is -3.36. The molecule has 0 spiro atoms. The van der Waals surface area contributed by atoms with Crippen molar-refractivity contribution in [1.29, 1.82) is 0 Å². The van der Waals surface area contributed by atoms with Crippen molar-refractivity contribution in [2.45, 2.75) is 10.9 Å². The number of aromatic nitrogens is 3. The molecular formula is C22H17ClN4O3S. The van der Waals surface area contributed by atoms with E-state index in [0.717, 1.165) is 16.8 Å². The summed E-state index contributed by atoms with van der Waals surface area (Å²) in [6.45, 7) is 0. The van der Waals surface area contributed by atoms with Gasteiger partial charge in [0, 0.05) is 28.6 Å². The number of non-ortho nitro benzene ring substituents is 1. The summed E-state index contributed by atoms with van der Waals surface area (Å²) >= 11 is 7.52. The average Bonchev–Trinajstić information content (AvgIpc) is 3.22. The number of ether oxygens (including phenoxy) is 1. The van der Waals surface area contributed by atoms with Crippen molar-refractivity contribution in [1.82, 2.24) is 14.8 Å². The SMILES string of the molecule is COc1ccccc1-c1nnc(SCc2cccc([N+](=O)[O-])c2)n1-c1ccc(Cl)cc1. The second-order valence-electron chi connectivity index (χ2n) is 6.53. The number of benzene rings is 3. The average molecular weight is 453 g/mol. The van der Waals surface area contributed by atoms with E-state index in [9.17, 15) is 10.1 Å². The Balaban J connectivity index is 1.74. The summed E-state index contributed by atoms with van der Waals surface area (Å²) < 4.78 is 7.44. The molecule has 0 saturated heterocycles. The number of nitro benzene ring substituents is 1. The van der Waals surface area contributed by atoms with Crippen molar-refractivity contribution in [2.24, 2.45) is 0 Å². The third-order valence-electron chi connectivity index (χ3n) is 4.56. The minimum absolute atomic E-state index is 0.0620. The van der Waals surface area contributed by atoms with E-state index in [1.165, 1.54) is 17.8 Å². The molecule has 0 aliphatic rings. The summed E-state index contributed by atoms with van der Waals surface area (Å²) in [5.41, 5.74) is 2.53. The van der Waals surface area contributed by atoms with Gasteiger partial charge in [0.15, 0.2) is 11.0 Å². The lowest BCUT2D eigenvalue weighted by Gasteiger charge is -2.12. The fraction of sp³-hybridized carbons (Fsp3) is 0.0909. The highest BCUT2D eigenvalue weighted by Crippen LogP contribution is 2.34. The van der Waals surface area contributed by atoms with Crippen LogP contribution in [0.2, 0.25) is 5.02 Å². The summed E-state index contributed by atoms with van der Waals surface area (Å²) in [6.07, 6.45) is 0. The van der Waals surface area contributed by atoms with E-state index < -0.39 is 4.92 Å². The molecule has 156 valence electrons. The van der Waals surface area contributed by atoms with E-state index >= 15 is 0 Å². The number of rotatable bonds is 7. The second-order valence-corrected chi connectivity index (χ2v) is 7.91. The molecule has 0 unspecified atom stereocenters. The first-order valence-corrected chi connectivity index (χ1v) is 10.6. The minimum Gasteiger partial charge on any atom is -0.496 e. The summed E-state index contributed by atoms with van der Waals surface area (Å²) in [5.74, 6) is 1.81. The third kappa shape index (κ3) is 4.55. The van der Waals surface area contributed by atoms with Crippen LogP contribution >= 0.6 is 23.4 Å². The van der Waals surface area contributed by atoms with Gasteiger partial charge in [0.1, 0.15) is 5.75 Å². The van der Waals surface area contributed by atoms with Gasteiger partial charge in [-0.2, -0.15) is 0 Å². The van der Waals surface area contributed by atoms with Crippen LogP contribution in [0, 0.1) is 10.1 Å². The lowest BCUT2D eigenvalue weighted by molar-refractivity contribution is -0.384. The van der Waals surface area contributed by atoms with Gasteiger partial charge in [-0.05, 0) is 42.0 Å². The number of halogens is 1. The molecule has 4 rings (SSSR count). The summed E-state index contributed by atoms with van der Waals surface area (Å²) in [7, 11) is 1.61. The quantitative estimate of drug-likeness (QED) is 0.200. The van der Waals surface area contributed by atoms with Crippen molar-refractivity contribution in [3.63, 3.8) is 0 Å². The molecule has 0 atom stereocenters. The van der Waals surface area contributed by atoms with Crippen LogP contribution in [0.4, 0.5) is 5.69 Å². The number of methoxy groups -OCH3 is 1. The molecule has 0 saturated carbocycles. The Morgan fingerprint density at radius 1 is 1.06 bits per heavy atom. The lowest BCUT2D eigenvalue weighted by atomic mass is 10.2. The maximum atomic E-state index is 11.1. The molecule has 7 nitrogen and oxygen atoms in total. The van der Waals surface area contributed by atoms with E-state index in [0.29, 0.717) is 27.5 Å². The summed E-state index contributed by atoms with van der Waals surface area (Å²) in [4.78, 5) is 10.7. The standard InChI is InChI=1S/C22H17ClN4O3S/c1-30-20-8-3-2-7-19(20)21-24-25-22(26(21)17-11-9-16(23)10-12-17)31-14-15-5-4-6-18(13-15)27(28)29/h2-13H,14H2,1H3. The van der Waals surface area contributed by atoms with Gasteiger partial charge in [0.2, 0.25) is 0 Å². The highest BCUT2D eigenvalue weighted by Gasteiger charge is 2.19. The van der Waals surface area contributed by atoms with Gasteiger partial charge in [-0.15, -0.1) is 10.2 Å². The molecule has 0 aliphatic carbocycles. The predicted molar refractivity (Wildman–Crippen MR) is 121 cm³/mol. The fourth-order valence-corrected chi connectivity index (χ4v) is 4.12. The molecule has 0 fully saturated rings. The zero-order valence-corrected chi connectivity index (χ0v) is 18.0. The van der Waals surface area contributed by atoms with Gasteiger partial charge < -0.3 is 4.74 Å². The van der Waals surface area contributed by atoms with Gasteiger partial charge in [-0.3, -0.25) is 14.7 Å². The number of hydrogen-bond acceptors (Lipinski definition) is 6. The van der Waals surface area contributed by atoms with Crippen LogP contribution < -0.4 is 4.74 Å². The maximum Gasteiger partial charge on any atom is 0.269 e. The first-order chi connectivity index (χ1) is 15.1. The highest BCUT2D eigenvalue weighted by atomic mass is 35.5. The molecule has 0 radical (unpaired) electrons.